The molecule has 0 aliphatic heterocycles. The Morgan fingerprint density at radius 1 is 1.14 bits per heavy atom. The molecule has 0 bridgehead atoms. The molecule has 6 nitrogen and oxygen atoms in total. The van der Waals surface area contributed by atoms with Crippen LogP contribution in [0.1, 0.15) is 5.69 Å². The molecule has 1 N–H and O–H groups in total. The van der Waals surface area contributed by atoms with Gasteiger partial charge < -0.3 is 9.47 Å². The van der Waals surface area contributed by atoms with E-state index < -0.39 is 15.8 Å². The third-order valence-electron chi connectivity index (χ3n) is 3.96. The molecule has 148 valence electrons. The summed E-state index contributed by atoms with van der Waals surface area (Å²) in [4.78, 5) is 4.31. The van der Waals surface area contributed by atoms with Gasteiger partial charge in [-0.05, 0) is 30.3 Å². The van der Waals surface area contributed by atoms with Gasteiger partial charge in [0.1, 0.15) is 27.2 Å². The maximum absolute atomic E-state index is 13.5. The molecule has 0 amide bonds. The van der Waals surface area contributed by atoms with E-state index in [1.165, 1.54) is 24.5 Å². The summed E-state index contributed by atoms with van der Waals surface area (Å²) < 4.78 is 51.1. The molecule has 0 unspecified atom stereocenters. The number of nitrogens with zero attached hydrogens (tertiary/aromatic N) is 1. The van der Waals surface area contributed by atoms with Crippen molar-refractivity contribution in [2.75, 3.05) is 20.8 Å². The Morgan fingerprint density at radius 2 is 1.96 bits per heavy atom. The fraction of sp³-hybridized carbons (Fsp3) is 0.211. The molecule has 28 heavy (non-hydrogen) atoms. The highest BCUT2D eigenvalue weighted by Gasteiger charge is 2.20. The highest BCUT2D eigenvalue weighted by Crippen LogP contribution is 2.27. The fourth-order valence-electron chi connectivity index (χ4n) is 2.56. The number of hydrogen-bond donors (Lipinski definition) is 1. The molecule has 0 fully saturated rings. The Morgan fingerprint density at radius 3 is 2.71 bits per heavy atom. The van der Waals surface area contributed by atoms with E-state index in [0.29, 0.717) is 6.42 Å². The number of halogens is 1. The van der Waals surface area contributed by atoms with Gasteiger partial charge in [0.2, 0.25) is 10.0 Å². The van der Waals surface area contributed by atoms with Crippen LogP contribution >= 0.6 is 11.3 Å². The summed E-state index contributed by atoms with van der Waals surface area (Å²) in [7, 11) is -0.968. The lowest BCUT2D eigenvalue weighted by Gasteiger charge is -2.10. The third-order valence-corrected chi connectivity index (χ3v) is 6.38. The van der Waals surface area contributed by atoms with Crippen molar-refractivity contribution in [3.8, 4) is 22.1 Å². The maximum atomic E-state index is 13.5. The Labute approximate surface area is 167 Å². The van der Waals surface area contributed by atoms with E-state index in [1.807, 2.05) is 29.6 Å². The molecule has 1 heterocycles. The van der Waals surface area contributed by atoms with E-state index in [-0.39, 0.29) is 17.2 Å². The van der Waals surface area contributed by atoms with Gasteiger partial charge in [-0.1, -0.05) is 12.1 Å². The van der Waals surface area contributed by atoms with E-state index in [9.17, 15) is 12.8 Å². The van der Waals surface area contributed by atoms with Gasteiger partial charge in [-0.3, -0.25) is 0 Å². The van der Waals surface area contributed by atoms with Gasteiger partial charge in [-0.2, -0.15) is 0 Å². The molecule has 9 heteroatoms. The van der Waals surface area contributed by atoms with Crippen LogP contribution in [0, 0.1) is 5.82 Å². The minimum absolute atomic E-state index is 0.0860. The first-order valence-corrected chi connectivity index (χ1v) is 10.7. The van der Waals surface area contributed by atoms with Crippen LogP contribution in [0.3, 0.4) is 0 Å². The second-order valence-electron chi connectivity index (χ2n) is 5.82. The minimum atomic E-state index is -3.91. The number of aromatic nitrogens is 1. The molecule has 1 aromatic heterocycles. The normalized spacial score (nSPS) is 11.4. The first kappa shape index (κ1) is 20.2. The number of rotatable bonds is 8. The number of sulfonamides is 1. The number of ether oxygens (including phenoxy) is 2. The summed E-state index contributed by atoms with van der Waals surface area (Å²) >= 11 is 1.47. The summed E-state index contributed by atoms with van der Waals surface area (Å²) in [6.07, 6.45) is 0.400. The second kappa shape index (κ2) is 8.68. The van der Waals surface area contributed by atoms with Gasteiger partial charge in [0, 0.05) is 23.9 Å². The first-order chi connectivity index (χ1) is 13.4. The van der Waals surface area contributed by atoms with Crippen molar-refractivity contribution in [1.82, 2.24) is 9.71 Å². The average Bonchev–Trinajstić information content (AvgIpc) is 3.17. The lowest BCUT2D eigenvalue weighted by molar-refractivity contribution is 0.400. The molecule has 0 spiro atoms. The number of nitrogens with one attached hydrogen (secondary N) is 1. The molecule has 0 radical (unpaired) electrons. The average molecular weight is 423 g/mol. The van der Waals surface area contributed by atoms with Crippen molar-refractivity contribution >= 4 is 21.4 Å². The van der Waals surface area contributed by atoms with Crippen molar-refractivity contribution in [1.29, 1.82) is 0 Å². The number of benzene rings is 2. The summed E-state index contributed by atoms with van der Waals surface area (Å²) in [6, 6.07) is 10.9. The Bertz CT molecular complexity index is 1070. The lowest BCUT2D eigenvalue weighted by Crippen LogP contribution is -2.26. The van der Waals surface area contributed by atoms with Crippen molar-refractivity contribution in [2.45, 2.75) is 11.3 Å². The van der Waals surface area contributed by atoms with Crippen molar-refractivity contribution in [3.63, 3.8) is 0 Å². The van der Waals surface area contributed by atoms with Crippen LogP contribution in [0.25, 0.3) is 10.6 Å². The van der Waals surface area contributed by atoms with Crippen LogP contribution in [0.2, 0.25) is 0 Å². The van der Waals surface area contributed by atoms with E-state index in [1.54, 1.807) is 7.11 Å². The maximum Gasteiger partial charge on any atom is 0.244 e. The standard InChI is InChI=1S/C19H19FN2O4S2/c1-25-16-5-3-4-13(10-16)19-22-15(12-27-19)8-9-21-28(23,24)18-11-14(20)6-7-17(18)26-2/h3-7,10-12,21H,8-9H2,1-2H3. The molecule has 0 saturated heterocycles. The summed E-state index contributed by atoms with van der Waals surface area (Å²) in [5, 5.41) is 2.70. The Kier molecular flexibility index (Phi) is 6.28. The number of hydrogen-bond acceptors (Lipinski definition) is 6. The monoisotopic (exact) mass is 422 g/mol. The molecular weight excluding hydrogens is 403 g/mol. The number of methoxy groups -OCH3 is 2. The lowest BCUT2D eigenvalue weighted by atomic mass is 10.2. The molecule has 0 aliphatic rings. The summed E-state index contributed by atoms with van der Waals surface area (Å²) in [5.41, 5.74) is 1.69. The van der Waals surface area contributed by atoms with Crippen LogP contribution in [-0.4, -0.2) is 34.2 Å². The highest BCUT2D eigenvalue weighted by molar-refractivity contribution is 7.89. The Balaban J connectivity index is 1.67. The SMILES string of the molecule is COc1cccc(-c2nc(CCNS(=O)(=O)c3cc(F)ccc3OC)cs2)c1. The zero-order valence-corrected chi connectivity index (χ0v) is 16.9. The van der Waals surface area contributed by atoms with E-state index in [0.717, 1.165) is 34.1 Å². The molecule has 2 aromatic carbocycles. The van der Waals surface area contributed by atoms with Crippen LogP contribution in [0.15, 0.2) is 52.7 Å². The fourth-order valence-corrected chi connectivity index (χ4v) is 4.62. The zero-order chi connectivity index (χ0) is 20.1. The molecule has 3 rings (SSSR count). The second-order valence-corrected chi connectivity index (χ2v) is 8.41. The highest BCUT2D eigenvalue weighted by atomic mass is 32.2. The molecular formula is C19H19FN2O4S2. The first-order valence-electron chi connectivity index (χ1n) is 8.35. The quantitative estimate of drug-likeness (QED) is 0.601. The number of thiazole rings is 1. The predicted molar refractivity (Wildman–Crippen MR) is 106 cm³/mol. The molecule has 0 aliphatic carbocycles. The third kappa shape index (κ3) is 4.67. The largest absolute Gasteiger partial charge is 0.497 e. The van der Waals surface area contributed by atoms with Crippen molar-refractivity contribution in [2.24, 2.45) is 0 Å². The zero-order valence-electron chi connectivity index (χ0n) is 15.3. The van der Waals surface area contributed by atoms with Gasteiger partial charge in [-0.15, -0.1) is 11.3 Å². The summed E-state index contributed by atoms with van der Waals surface area (Å²) in [6.45, 7) is 0.128. The summed E-state index contributed by atoms with van der Waals surface area (Å²) in [5.74, 6) is 0.178. The smallest absolute Gasteiger partial charge is 0.244 e. The predicted octanol–water partition coefficient (Wildman–Crippen LogP) is 3.49. The van der Waals surface area contributed by atoms with E-state index in [2.05, 4.69) is 9.71 Å². The van der Waals surface area contributed by atoms with Crippen molar-refractivity contribution < 1.29 is 22.3 Å². The molecule has 0 atom stereocenters. The minimum Gasteiger partial charge on any atom is -0.497 e. The van der Waals surface area contributed by atoms with Crippen LogP contribution in [-0.2, 0) is 16.4 Å². The van der Waals surface area contributed by atoms with E-state index >= 15 is 0 Å². The van der Waals surface area contributed by atoms with Gasteiger partial charge in [0.05, 0.1) is 19.9 Å². The van der Waals surface area contributed by atoms with Gasteiger partial charge in [0.25, 0.3) is 0 Å². The van der Waals surface area contributed by atoms with E-state index in [4.69, 9.17) is 9.47 Å². The molecule has 3 aromatic rings. The Hall–Kier alpha value is -2.49. The van der Waals surface area contributed by atoms with Gasteiger partial charge in [0.15, 0.2) is 0 Å². The topological polar surface area (TPSA) is 77.5 Å². The molecule has 0 saturated carbocycles. The van der Waals surface area contributed by atoms with Crippen LogP contribution < -0.4 is 14.2 Å². The van der Waals surface area contributed by atoms with Crippen LogP contribution in [0.4, 0.5) is 4.39 Å². The van der Waals surface area contributed by atoms with Crippen LogP contribution in [0.5, 0.6) is 11.5 Å². The van der Waals surface area contributed by atoms with Gasteiger partial charge in [-0.25, -0.2) is 22.5 Å². The van der Waals surface area contributed by atoms with Gasteiger partial charge >= 0.3 is 0 Å². The van der Waals surface area contributed by atoms with Crippen molar-refractivity contribution in [3.05, 3.63) is 59.4 Å².